The number of carbonyl (C=O) groups excluding carboxylic acids is 3. The maximum Gasteiger partial charge on any atom is 0.319 e. The molecule has 168 valence electrons. The lowest BCUT2D eigenvalue weighted by Crippen LogP contribution is -2.69. The summed E-state index contributed by atoms with van der Waals surface area (Å²) in [5.74, 6) is -0.00946. The molecule has 10 heteroatoms. The average molecular weight is 432 g/mol. The first kappa shape index (κ1) is 21.5. The third-order valence-corrected chi connectivity index (χ3v) is 5.93. The van der Waals surface area contributed by atoms with E-state index in [4.69, 9.17) is 14.2 Å². The van der Waals surface area contributed by atoms with Gasteiger partial charge in [0.25, 0.3) is 0 Å². The van der Waals surface area contributed by atoms with E-state index in [9.17, 15) is 14.4 Å². The molecule has 1 atom stereocenters. The van der Waals surface area contributed by atoms with Crippen molar-refractivity contribution in [3.8, 4) is 0 Å². The summed E-state index contributed by atoms with van der Waals surface area (Å²) in [7, 11) is 1.61. The summed E-state index contributed by atoms with van der Waals surface area (Å²) in [5, 5.41) is 5.69. The minimum absolute atomic E-state index is 0.0625. The third-order valence-electron chi connectivity index (χ3n) is 5.93. The Morgan fingerprint density at radius 3 is 2.87 bits per heavy atom. The van der Waals surface area contributed by atoms with E-state index in [0.29, 0.717) is 58.0 Å². The molecule has 0 bridgehead atoms. The Morgan fingerprint density at radius 2 is 2.03 bits per heavy atom. The van der Waals surface area contributed by atoms with Crippen LogP contribution in [0.4, 0.5) is 16.2 Å². The Morgan fingerprint density at radius 1 is 1.19 bits per heavy atom. The molecule has 0 aromatic heterocycles. The molecule has 31 heavy (non-hydrogen) atoms. The molecular weight excluding hydrogens is 404 g/mol. The molecule has 3 aliphatic rings. The number of rotatable bonds is 6. The number of urea groups is 1. The number of fused-ring (bicyclic) bond motifs is 2. The fourth-order valence-electron chi connectivity index (χ4n) is 4.33. The standard InChI is InChI=1S/C21H28N4O6/c1-29-8-6-24-17-4-3-16(10-15(17)2-5-18(24)26)23-20(28)22-12-21-13-30-9-7-25(21)19(27)11-31-14-21/h3-4,10H,2,5-9,11-14H2,1H3,(H2,22,23,28). The largest absolute Gasteiger partial charge is 0.383 e. The monoisotopic (exact) mass is 432 g/mol. The molecule has 0 radical (unpaired) electrons. The van der Waals surface area contributed by atoms with Crippen LogP contribution >= 0.6 is 0 Å². The van der Waals surface area contributed by atoms with Crippen LogP contribution in [0.1, 0.15) is 12.0 Å². The van der Waals surface area contributed by atoms with Crippen molar-refractivity contribution in [3.05, 3.63) is 23.8 Å². The van der Waals surface area contributed by atoms with Gasteiger partial charge in [0.2, 0.25) is 11.8 Å². The summed E-state index contributed by atoms with van der Waals surface area (Å²) >= 11 is 0. The fraction of sp³-hybridized carbons (Fsp3) is 0.571. The molecule has 0 spiro atoms. The number of methoxy groups -OCH3 is 1. The average Bonchev–Trinajstić information content (AvgIpc) is 2.77. The van der Waals surface area contributed by atoms with Crippen molar-refractivity contribution >= 4 is 29.2 Å². The highest BCUT2D eigenvalue weighted by molar-refractivity contribution is 5.97. The van der Waals surface area contributed by atoms with Crippen molar-refractivity contribution in [2.45, 2.75) is 18.4 Å². The van der Waals surface area contributed by atoms with Gasteiger partial charge in [0.1, 0.15) is 12.1 Å². The summed E-state index contributed by atoms with van der Waals surface area (Å²) in [6.45, 7) is 2.88. The predicted octanol–water partition coefficient (Wildman–Crippen LogP) is 0.362. The van der Waals surface area contributed by atoms with Gasteiger partial charge in [-0.15, -0.1) is 0 Å². The van der Waals surface area contributed by atoms with Gasteiger partial charge in [0, 0.05) is 44.5 Å². The van der Waals surface area contributed by atoms with Crippen LogP contribution in [0.3, 0.4) is 0 Å². The number of ether oxygens (including phenoxy) is 3. The lowest BCUT2D eigenvalue weighted by atomic mass is 9.96. The van der Waals surface area contributed by atoms with E-state index < -0.39 is 5.54 Å². The second-order valence-corrected chi connectivity index (χ2v) is 8.00. The Kier molecular flexibility index (Phi) is 6.40. The Hall–Kier alpha value is -2.69. The minimum atomic E-state index is -0.678. The number of morpholine rings is 2. The van der Waals surface area contributed by atoms with Crippen LogP contribution in [0, 0.1) is 0 Å². The number of anilines is 2. The quantitative estimate of drug-likeness (QED) is 0.672. The van der Waals surface area contributed by atoms with Crippen LogP contribution < -0.4 is 15.5 Å². The van der Waals surface area contributed by atoms with Gasteiger partial charge >= 0.3 is 6.03 Å². The molecule has 1 unspecified atom stereocenters. The number of nitrogens with zero attached hydrogens (tertiary/aromatic N) is 2. The highest BCUT2D eigenvalue weighted by Crippen LogP contribution is 2.30. The first-order chi connectivity index (χ1) is 15.0. The number of amides is 4. The van der Waals surface area contributed by atoms with Crippen LogP contribution in [0.15, 0.2) is 18.2 Å². The van der Waals surface area contributed by atoms with Crippen molar-refractivity contribution in [1.82, 2.24) is 10.2 Å². The van der Waals surface area contributed by atoms with Crippen LogP contribution in [0.2, 0.25) is 0 Å². The van der Waals surface area contributed by atoms with Gasteiger partial charge in [-0.3, -0.25) is 9.59 Å². The Bertz CT molecular complexity index is 858. The van der Waals surface area contributed by atoms with E-state index in [0.717, 1.165) is 11.3 Å². The number of carbonyl (C=O) groups is 3. The van der Waals surface area contributed by atoms with Gasteiger partial charge < -0.3 is 34.6 Å². The number of nitrogens with one attached hydrogen (secondary N) is 2. The molecule has 0 saturated carbocycles. The van der Waals surface area contributed by atoms with Crippen molar-refractivity contribution in [3.63, 3.8) is 0 Å². The maximum atomic E-state index is 12.5. The van der Waals surface area contributed by atoms with Gasteiger partial charge in [-0.05, 0) is 30.2 Å². The molecule has 3 aliphatic heterocycles. The van der Waals surface area contributed by atoms with E-state index in [2.05, 4.69) is 10.6 Å². The van der Waals surface area contributed by atoms with Gasteiger partial charge in [-0.25, -0.2) is 4.79 Å². The van der Waals surface area contributed by atoms with Crippen LogP contribution in [-0.2, 0) is 30.2 Å². The molecule has 3 heterocycles. The molecule has 1 aromatic carbocycles. The fourth-order valence-corrected chi connectivity index (χ4v) is 4.33. The predicted molar refractivity (Wildman–Crippen MR) is 112 cm³/mol. The van der Waals surface area contributed by atoms with E-state index in [1.807, 2.05) is 12.1 Å². The second kappa shape index (κ2) is 9.21. The third kappa shape index (κ3) is 4.51. The van der Waals surface area contributed by atoms with Gasteiger partial charge in [0.15, 0.2) is 0 Å². The SMILES string of the molecule is COCCN1C(=O)CCc2cc(NC(=O)NCC34COCCN3C(=O)COC4)ccc21. The topological polar surface area (TPSA) is 109 Å². The van der Waals surface area contributed by atoms with Gasteiger partial charge in [-0.2, -0.15) is 0 Å². The first-order valence-corrected chi connectivity index (χ1v) is 10.5. The lowest BCUT2D eigenvalue weighted by Gasteiger charge is -2.49. The Labute approximate surface area is 180 Å². The van der Waals surface area contributed by atoms with Crippen molar-refractivity contribution in [1.29, 1.82) is 0 Å². The van der Waals surface area contributed by atoms with Crippen molar-refractivity contribution < 1.29 is 28.6 Å². The van der Waals surface area contributed by atoms with Crippen LogP contribution in [0.5, 0.6) is 0 Å². The summed E-state index contributed by atoms with van der Waals surface area (Å²) < 4.78 is 16.1. The van der Waals surface area contributed by atoms with E-state index in [1.54, 1.807) is 23.0 Å². The molecule has 2 N–H and O–H groups in total. The Balaban J connectivity index is 1.39. The van der Waals surface area contributed by atoms with Crippen LogP contribution in [0.25, 0.3) is 0 Å². The number of aryl methyl sites for hydroxylation is 1. The smallest absolute Gasteiger partial charge is 0.319 e. The summed E-state index contributed by atoms with van der Waals surface area (Å²) in [6.07, 6.45) is 1.06. The second-order valence-electron chi connectivity index (χ2n) is 8.00. The molecular formula is C21H28N4O6. The zero-order chi connectivity index (χ0) is 21.8. The summed E-state index contributed by atoms with van der Waals surface area (Å²) in [4.78, 5) is 40.5. The molecule has 1 aromatic rings. The highest BCUT2D eigenvalue weighted by Gasteiger charge is 2.45. The van der Waals surface area contributed by atoms with E-state index >= 15 is 0 Å². The van der Waals surface area contributed by atoms with E-state index in [-0.39, 0.29) is 31.0 Å². The molecule has 4 amide bonds. The molecule has 10 nitrogen and oxygen atoms in total. The molecule has 0 aliphatic carbocycles. The van der Waals surface area contributed by atoms with Crippen molar-refractivity contribution in [2.75, 3.05) is 70.0 Å². The highest BCUT2D eigenvalue weighted by atomic mass is 16.5. The molecule has 2 saturated heterocycles. The number of benzene rings is 1. The normalized spacial score (nSPS) is 23.3. The van der Waals surface area contributed by atoms with Gasteiger partial charge in [-0.1, -0.05) is 0 Å². The molecule has 4 rings (SSSR count). The zero-order valence-corrected chi connectivity index (χ0v) is 17.6. The van der Waals surface area contributed by atoms with Gasteiger partial charge in [0.05, 0.1) is 26.4 Å². The first-order valence-electron chi connectivity index (χ1n) is 10.5. The van der Waals surface area contributed by atoms with Crippen molar-refractivity contribution in [2.24, 2.45) is 0 Å². The van der Waals surface area contributed by atoms with Crippen LogP contribution in [-0.4, -0.2) is 88.1 Å². The minimum Gasteiger partial charge on any atom is -0.383 e. The molecule has 2 fully saturated rings. The summed E-state index contributed by atoms with van der Waals surface area (Å²) in [5.41, 5.74) is 1.82. The lowest BCUT2D eigenvalue weighted by molar-refractivity contribution is -0.176. The maximum absolute atomic E-state index is 12.5. The van der Waals surface area contributed by atoms with E-state index in [1.165, 1.54) is 0 Å². The zero-order valence-electron chi connectivity index (χ0n) is 17.6. The number of hydrogen-bond donors (Lipinski definition) is 2. The number of hydrogen-bond acceptors (Lipinski definition) is 6. The summed E-state index contributed by atoms with van der Waals surface area (Å²) in [6, 6.07) is 5.14.